The quantitative estimate of drug-likeness (QED) is 0.599. The molecule has 35 heavy (non-hydrogen) atoms. The van der Waals surface area contributed by atoms with E-state index in [-0.39, 0.29) is 11.7 Å². The van der Waals surface area contributed by atoms with Crippen molar-refractivity contribution in [2.75, 3.05) is 20.2 Å². The van der Waals surface area contributed by atoms with Gasteiger partial charge in [0.2, 0.25) is 0 Å². The summed E-state index contributed by atoms with van der Waals surface area (Å²) in [6, 6.07) is 4.88. The summed E-state index contributed by atoms with van der Waals surface area (Å²) in [5, 5.41) is 19.5. The maximum atomic E-state index is 13.1. The van der Waals surface area contributed by atoms with Gasteiger partial charge in [-0.25, -0.2) is 4.79 Å². The Labute approximate surface area is 203 Å². The smallest absolute Gasteiger partial charge is 0.416 e. The average Bonchev–Trinajstić information content (AvgIpc) is 3.03. The second-order valence-electron chi connectivity index (χ2n) is 9.84. The van der Waals surface area contributed by atoms with Crippen LogP contribution in [-0.4, -0.2) is 52.1 Å². The molecule has 2 heterocycles. The van der Waals surface area contributed by atoms with Gasteiger partial charge in [0.1, 0.15) is 17.5 Å². The molecule has 1 N–H and O–H groups in total. The SMILES string of the molecule is COc1cc(C(F)(F)F)ccc1-c1nnc(C(O)C2CCCCN(C(=O)OC(C)(C)C)C2)cc1C. The van der Waals surface area contributed by atoms with Crippen LogP contribution in [0.5, 0.6) is 5.75 Å². The second kappa shape index (κ2) is 10.4. The first-order chi connectivity index (χ1) is 16.3. The molecule has 0 saturated carbocycles. The first-order valence-corrected chi connectivity index (χ1v) is 11.6. The Bertz CT molecular complexity index is 1050. The lowest BCUT2D eigenvalue weighted by Gasteiger charge is -2.29. The highest BCUT2D eigenvalue weighted by Crippen LogP contribution is 2.38. The van der Waals surface area contributed by atoms with E-state index in [4.69, 9.17) is 9.47 Å². The summed E-state index contributed by atoms with van der Waals surface area (Å²) in [5.41, 5.74) is 0.270. The molecule has 0 aliphatic carbocycles. The fourth-order valence-electron chi connectivity index (χ4n) is 4.15. The predicted octanol–water partition coefficient (Wildman–Crippen LogP) is 5.55. The van der Waals surface area contributed by atoms with E-state index < -0.39 is 29.5 Å². The van der Waals surface area contributed by atoms with Gasteiger partial charge in [-0.3, -0.25) is 0 Å². The van der Waals surface area contributed by atoms with Gasteiger partial charge in [0.05, 0.1) is 24.1 Å². The lowest BCUT2D eigenvalue weighted by molar-refractivity contribution is -0.137. The van der Waals surface area contributed by atoms with Crippen LogP contribution < -0.4 is 4.74 Å². The molecule has 0 spiro atoms. The first-order valence-electron chi connectivity index (χ1n) is 11.6. The Hall–Kier alpha value is -2.88. The van der Waals surface area contributed by atoms with Crippen LogP contribution in [0.25, 0.3) is 11.3 Å². The van der Waals surface area contributed by atoms with Crippen LogP contribution in [0.1, 0.15) is 63.0 Å². The van der Waals surface area contributed by atoms with Crippen LogP contribution in [-0.2, 0) is 10.9 Å². The molecular formula is C25H32F3N3O4. The van der Waals surface area contributed by atoms with Crippen molar-refractivity contribution >= 4 is 6.09 Å². The number of halogens is 3. The predicted molar refractivity (Wildman–Crippen MR) is 124 cm³/mol. The highest BCUT2D eigenvalue weighted by Gasteiger charge is 2.33. The number of amides is 1. The van der Waals surface area contributed by atoms with E-state index >= 15 is 0 Å². The Morgan fingerprint density at radius 2 is 1.89 bits per heavy atom. The number of aliphatic hydroxyl groups is 1. The van der Waals surface area contributed by atoms with Crippen LogP contribution >= 0.6 is 0 Å². The lowest BCUT2D eigenvalue weighted by atomic mass is 9.93. The van der Waals surface area contributed by atoms with Crippen molar-refractivity contribution in [3.05, 3.63) is 41.1 Å². The van der Waals surface area contributed by atoms with Crippen molar-refractivity contribution in [2.45, 2.75) is 64.8 Å². The van der Waals surface area contributed by atoms with Crippen molar-refractivity contribution in [3.63, 3.8) is 0 Å². The molecule has 2 aromatic rings. The molecule has 1 aromatic carbocycles. The molecule has 1 amide bonds. The number of hydrogen-bond donors (Lipinski definition) is 1. The van der Waals surface area contributed by atoms with Crippen LogP contribution in [0.4, 0.5) is 18.0 Å². The maximum Gasteiger partial charge on any atom is 0.416 e. The van der Waals surface area contributed by atoms with E-state index in [0.717, 1.165) is 25.0 Å². The number of ether oxygens (including phenoxy) is 2. The highest BCUT2D eigenvalue weighted by molar-refractivity contribution is 5.70. The zero-order chi connectivity index (χ0) is 26.0. The van der Waals surface area contributed by atoms with Crippen LogP contribution in [0.15, 0.2) is 24.3 Å². The Balaban J connectivity index is 1.83. The number of carbonyl (C=O) groups excluding carboxylic acids is 1. The minimum Gasteiger partial charge on any atom is -0.496 e. The first kappa shape index (κ1) is 26.7. The topological polar surface area (TPSA) is 84.8 Å². The van der Waals surface area contributed by atoms with Gasteiger partial charge in [-0.15, -0.1) is 5.10 Å². The monoisotopic (exact) mass is 495 g/mol. The molecule has 2 atom stereocenters. The molecular weight excluding hydrogens is 463 g/mol. The fourth-order valence-corrected chi connectivity index (χ4v) is 4.15. The summed E-state index contributed by atoms with van der Waals surface area (Å²) in [6.07, 6.45) is -3.52. The van der Waals surface area contributed by atoms with Crippen molar-refractivity contribution in [3.8, 4) is 17.0 Å². The summed E-state index contributed by atoms with van der Waals surface area (Å²) >= 11 is 0. The molecule has 3 rings (SSSR count). The van der Waals surface area contributed by atoms with Crippen molar-refractivity contribution in [2.24, 2.45) is 5.92 Å². The largest absolute Gasteiger partial charge is 0.496 e. The third-order valence-electron chi connectivity index (χ3n) is 5.90. The summed E-state index contributed by atoms with van der Waals surface area (Å²) in [4.78, 5) is 14.2. The fraction of sp³-hybridized carbons (Fsp3) is 0.560. The van der Waals surface area contributed by atoms with Gasteiger partial charge >= 0.3 is 12.3 Å². The molecule has 0 radical (unpaired) electrons. The molecule has 192 valence electrons. The number of carbonyl (C=O) groups is 1. The minimum atomic E-state index is -4.49. The summed E-state index contributed by atoms with van der Waals surface area (Å²) in [6.45, 7) is 8.04. The van der Waals surface area contributed by atoms with Gasteiger partial charge in [-0.2, -0.15) is 18.3 Å². The van der Waals surface area contributed by atoms with E-state index in [2.05, 4.69) is 10.2 Å². The zero-order valence-corrected chi connectivity index (χ0v) is 20.6. The highest BCUT2D eigenvalue weighted by atomic mass is 19.4. The van der Waals surface area contributed by atoms with Crippen LogP contribution in [0.2, 0.25) is 0 Å². The number of aliphatic hydroxyl groups excluding tert-OH is 1. The second-order valence-corrected chi connectivity index (χ2v) is 9.84. The number of alkyl halides is 3. The number of likely N-dealkylation sites (tertiary alicyclic amines) is 1. The Morgan fingerprint density at radius 1 is 1.17 bits per heavy atom. The number of methoxy groups -OCH3 is 1. The average molecular weight is 496 g/mol. The zero-order valence-electron chi connectivity index (χ0n) is 20.6. The molecule has 7 nitrogen and oxygen atoms in total. The number of nitrogens with zero attached hydrogens (tertiary/aromatic N) is 3. The van der Waals surface area contributed by atoms with E-state index in [9.17, 15) is 23.1 Å². The van der Waals surface area contributed by atoms with Crippen molar-refractivity contribution in [1.29, 1.82) is 0 Å². The van der Waals surface area contributed by atoms with E-state index in [1.165, 1.54) is 13.2 Å². The van der Waals surface area contributed by atoms with E-state index in [1.54, 1.807) is 38.7 Å². The van der Waals surface area contributed by atoms with Crippen LogP contribution in [0, 0.1) is 12.8 Å². The number of hydrogen-bond acceptors (Lipinski definition) is 6. The Morgan fingerprint density at radius 3 is 2.49 bits per heavy atom. The number of benzene rings is 1. The molecule has 1 aliphatic rings. The molecule has 1 aliphatic heterocycles. The number of aryl methyl sites for hydroxylation is 1. The van der Waals surface area contributed by atoms with E-state index in [0.29, 0.717) is 42.0 Å². The molecule has 0 bridgehead atoms. The molecule has 2 unspecified atom stereocenters. The van der Waals surface area contributed by atoms with Gasteiger partial charge in [0.25, 0.3) is 0 Å². The van der Waals surface area contributed by atoms with Gasteiger partial charge in [0.15, 0.2) is 0 Å². The summed E-state index contributed by atoms with van der Waals surface area (Å²) < 4.78 is 49.9. The molecule has 1 aromatic heterocycles. The maximum absolute atomic E-state index is 13.1. The van der Waals surface area contributed by atoms with Gasteiger partial charge in [-0.05, 0) is 70.4 Å². The number of rotatable bonds is 4. The summed E-state index contributed by atoms with van der Waals surface area (Å²) in [5.74, 6) is -0.229. The lowest BCUT2D eigenvalue weighted by Crippen LogP contribution is -2.40. The standard InChI is InChI=1S/C25H32F3N3O4/c1-15-12-19(22(32)16-8-6-7-11-31(14-16)23(33)35-24(2,3)4)29-30-21(15)18-10-9-17(25(26,27)28)13-20(18)34-5/h9-10,12-13,16,22,32H,6-8,11,14H2,1-5H3. The normalized spacial score (nSPS) is 18.1. The van der Waals surface area contributed by atoms with Crippen molar-refractivity contribution < 1.29 is 32.5 Å². The molecule has 1 fully saturated rings. The van der Waals surface area contributed by atoms with Crippen molar-refractivity contribution in [1.82, 2.24) is 15.1 Å². The van der Waals surface area contributed by atoms with Gasteiger partial charge in [-0.1, -0.05) is 6.42 Å². The third kappa shape index (κ3) is 6.62. The molecule has 1 saturated heterocycles. The summed E-state index contributed by atoms with van der Waals surface area (Å²) in [7, 11) is 1.29. The third-order valence-corrected chi connectivity index (χ3v) is 5.90. The van der Waals surface area contributed by atoms with Gasteiger partial charge < -0.3 is 19.5 Å². The van der Waals surface area contributed by atoms with Gasteiger partial charge in [0, 0.05) is 24.6 Å². The van der Waals surface area contributed by atoms with E-state index in [1.807, 2.05) is 0 Å². The number of aromatic nitrogens is 2. The molecule has 10 heteroatoms. The Kier molecular flexibility index (Phi) is 7.93. The minimum absolute atomic E-state index is 0.0299. The van der Waals surface area contributed by atoms with Crippen LogP contribution in [0.3, 0.4) is 0 Å².